The molecule has 0 aromatic heterocycles. The first kappa shape index (κ1) is 16.5. The van der Waals surface area contributed by atoms with Crippen molar-refractivity contribution in [3.8, 4) is 0 Å². The van der Waals surface area contributed by atoms with Gasteiger partial charge in [0.1, 0.15) is 6.61 Å². The Morgan fingerprint density at radius 2 is 1.77 bits per heavy atom. The van der Waals surface area contributed by atoms with E-state index in [1.807, 2.05) is 6.92 Å². The lowest BCUT2D eigenvalue weighted by atomic mass is 10.0. The van der Waals surface area contributed by atoms with Crippen LogP contribution >= 0.6 is 0 Å². The maximum Gasteiger partial charge on any atom is 0.310 e. The lowest BCUT2D eigenvalue weighted by Gasteiger charge is -2.11. The summed E-state index contributed by atoms with van der Waals surface area (Å²) in [5.41, 5.74) is 2.09. The Bertz CT molecular complexity index is 632. The summed E-state index contributed by atoms with van der Waals surface area (Å²) < 4.78 is 5.46. The maximum atomic E-state index is 12.3. The molecule has 1 aromatic rings. The minimum absolute atomic E-state index is 0.0590. The number of hydrogen-bond donors (Lipinski definition) is 0. The largest absolute Gasteiger partial charge is 0.461 e. The van der Waals surface area contributed by atoms with Crippen LogP contribution in [0.25, 0.3) is 0 Å². The smallest absolute Gasteiger partial charge is 0.310 e. The first-order valence-corrected chi connectivity index (χ1v) is 7.42. The first-order chi connectivity index (χ1) is 10.0. The second-order valence-electron chi connectivity index (χ2n) is 7.25. The number of hydrogen-bond acceptors (Lipinski definition) is 4. The van der Waals surface area contributed by atoms with Crippen molar-refractivity contribution in [1.82, 2.24) is 0 Å². The van der Waals surface area contributed by atoms with Crippen LogP contribution in [0.2, 0.25) is 0 Å². The zero-order valence-electron chi connectivity index (χ0n) is 14.0. The number of nitro benzene ring substituents is 1. The summed E-state index contributed by atoms with van der Waals surface area (Å²) in [4.78, 5) is 22.9. The number of nitro groups is 1. The summed E-state index contributed by atoms with van der Waals surface area (Å²) in [5, 5.41) is 11.0. The normalized spacial score (nSPS) is 18.8. The summed E-state index contributed by atoms with van der Waals surface area (Å²) in [6.07, 6.45) is 0. The molecule has 0 heterocycles. The van der Waals surface area contributed by atoms with Gasteiger partial charge >= 0.3 is 5.97 Å². The highest BCUT2D eigenvalue weighted by molar-refractivity contribution is 5.78. The summed E-state index contributed by atoms with van der Waals surface area (Å²) in [7, 11) is 0. The molecule has 0 amide bonds. The zero-order valence-corrected chi connectivity index (χ0v) is 14.0. The van der Waals surface area contributed by atoms with E-state index in [-0.39, 0.29) is 35.0 Å². The second kappa shape index (κ2) is 5.07. The average Bonchev–Trinajstić information content (AvgIpc) is 2.78. The fourth-order valence-corrected chi connectivity index (χ4v) is 3.31. The third kappa shape index (κ3) is 2.38. The molecule has 0 radical (unpaired) electrons. The number of aryl methyl sites for hydroxylation is 1. The van der Waals surface area contributed by atoms with Crippen molar-refractivity contribution in [3.63, 3.8) is 0 Å². The quantitative estimate of drug-likeness (QED) is 0.480. The van der Waals surface area contributed by atoms with Gasteiger partial charge in [-0.2, -0.15) is 0 Å². The molecule has 5 heteroatoms. The Balaban J connectivity index is 2.15. The van der Waals surface area contributed by atoms with Gasteiger partial charge in [0.05, 0.1) is 10.8 Å². The molecule has 1 aromatic carbocycles. The zero-order chi connectivity index (χ0) is 16.9. The van der Waals surface area contributed by atoms with Crippen LogP contribution in [0.4, 0.5) is 5.69 Å². The van der Waals surface area contributed by atoms with Crippen molar-refractivity contribution in [3.05, 3.63) is 38.9 Å². The third-order valence-corrected chi connectivity index (χ3v) is 5.62. The van der Waals surface area contributed by atoms with Gasteiger partial charge in [0.25, 0.3) is 5.69 Å². The van der Waals surface area contributed by atoms with Gasteiger partial charge in [-0.05, 0) is 30.2 Å². The van der Waals surface area contributed by atoms with E-state index in [2.05, 4.69) is 27.7 Å². The van der Waals surface area contributed by atoms with E-state index in [9.17, 15) is 14.9 Å². The van der Waals surface area contributed by atoms with Gasteiger partial charge in [-0.3, -0.25) is 14.9 Å². The van der Waals surface area contributed by atoms with Crippen LogP contribution in [0, 0.1) is 40.7 Å². The van der Waals surface area contributed by atoms with Crippen LogP contribution in [-0.2, 0) is 16.1 Å². The molecule has 1 saturated carbocycles. The van der Waals surface area contributed by atoms with Gasteiger partial charge in [0, 0.05) is 17.2 Å². The Hall–Kier alpha value is -1.91. The number of rotatable bonds is 4. The third-order valence-electron chi connectivity index (χ3n) is 5.62. The summed E-state index contributed by atoms with van der Waals surface area (Å²) in [6, 6.07) is 3.18. The van der Waals surface area contributed by atoms with E-state index in [0.717, 1.165) is 11.1 Å². The van der Waals surface area contributed by atoms with Crippen molar-refractivity contribution in [2.24, 2.45) is 16.7 Å². The molecule has 0 spiro atoms. The van der Waals surface area contributed by atoms with Crippen molar-refractivity contribution in [1.29, 1.82) is 0 Å². The fraction of sp³-hybridized carbons (Fsp3) is 0.588. The second-order valence-corrected chi connectivity index (χ2v) is 7.25. The van der Waals surface area contributed by atoms with Crippen molar-refractivity contribution in [2.45, 2.75) is 48.1 Å². The minimum Gasteiger partial charge on any atom is -0.461 e. The Morgan fingerprint density at radius 1 is 1.23 bits per heavy atom. The molecule has 0 bridgehead atoms. The first-order valence-electron chi connectivity index (χ1n) is 7.42. The molecule has 5 nitrogen and oxygen atoms in total. The molecule has 0 saturated heterocycles. The van der Waals surface area contributed by atoms with Crippen molar-refractivity contribution >= 4 is 11.7 Å². The summed E-state index contributed by atoms with van der Waals surface area (Å²) in [5.74, 6) is -0.348. The fourth-order valence-electron chi connectivity index (χ4n) is 3.31. The monoisotopic (exact) mass is 305 g/mol. The molecule has 1 aliphatic carbocycles. The number of benzene rings is 1. The van der Waals surface area contributed by atoms with Crippen LogP contribution in [0.1, 0.15) is 44.4 Å². The Labute approximate surface area is 130 Å². The Morgan fingerprint density at radius 3 is 2.23 bits per heavy atom. The molecule has 2 rings (SSSR count). The molecule has 0 aliphatic heterocycles. The van der Waals surface area contributed by atoms with Gasteiger partial charge in [-0.1, -0.05) is 33.8 Å². The molecular formula is C17H23NO4. The number of esters is 1. The van der Waals surface area contributed by atoms with E-state index < -0.39 is 4.92 Å². The molecule has 120 valence electrons. The van der Waals surface area contributed by atoms with Gasteiger partial charge in [0.2, 0.25) is 0 Å². The van der Waals surface area contributed by atoms with Gasteiger partial charge < -0.3 is 4.74 Å². The van der Waals surface area contributed by atoms with Crippen LogP contribution < -0.4 is 0 Å². The van der Waals surface area contributed by atoms with Gasteiger partial charge in [-0.25, -0.2) is 0 Å². The van der Waals surface area contributed by atoms with Crippen molar-refractivity contribution < 1.29 is 14.5 Å². The van der Waals surface area contributed by atoms with Gasteiger partial charge in [0.15, 0.2) is 0 Å². The molecular weight excluding hydrogens is 282 g/mol. The van der Waals surface area contributed by atoms with E-state index in [4.69, 9.17) is 4.74 Å². The highest BCUT2D eigenvalue weighted by Crippen LogP contribution is 2.68. The number of carbonyl (C=O) groups excluding carboxylic acids is 1. The predicted octanol–water partition coefficient (Wildman–Crippen LogP) is 3.94. The average molecular weight is 305 g/mol. The van der Waals surface area contributed by atoms with Crippen molar-refractivity contribution in [2.75, 3.05) is 0 Å². The molecule has 0 N–H and O–H groups in total. The lowest BCUT2D eigenvalue weighted by Crippen LogP contribution is -2.13. The minimum atomic E-state index is -0.410. The Kier molecular flexibility index (Phi) is 3.80. The molecule has 22 heavy (non-hydrogen) atoms. The van der Waals surface area contributed by atoms with E-state index in [0.29, 0.717) is 5.56 Å². The summed E-state index contributed by atoms with van der Waals surface area (Å²) >= 11 is 0. The number of ether oxygens (including phenoxy) is 1. The highest BCUT2D eigenvalue weighted by Gasteiger charge is 2.69. The molecule has 0 unspecified atom stereocenters. The van der Waals surface area contributed by atoms with E-state index in [1.165, 1.54) is 6.07 Å². The van der Waals surface area contributed by atoms with Crippen LogP contribution in [0.5, 0.6) is 0 Å². The standard InChI is InChI=1S/C17H23NO4/c1-10-7-8-13(18(20)21)11(2)12(10)9-22-15(19)14-16(3,4)17(14,5)6/h7-8,14H,9H2,1-6H3. The molecule has 1 fully saturated rings. The van der Waals surface area contributed by atoms with E-state index in [1.54, 1.807) is 13.0 Å². The van der Waals surface area contributed by atoms with Crippen LogP contribution in [-0.4, -0.2) is 10.9 Å². The number of nitrogens with zero attached hydrogens (tertiary/aromatic N) is 1. The highest BCUT2D eigenvalue weighted by atomic mass is 16.6. The van der Waals surface area contributed by atoms with Crippen LogP contribution in [0.15, 0.2) is 12.1 Å². The predicted molar refractivity (Wildman–Crippen MR) is 83.4 cm³/mol. The van der Waals surface area contributed by atoms with E-state index >= 15 is 0 Å². The van der Waals surface area contributed by atoms with Gasteiger partial charge in [-0.15, -0.1) is 0 Å². The molecule has 1 aliphatic rings. The number of carbonyl (C=O) groups is 1. The molecule has 0 atom stereocenters. The summed E-state index contributed by atoms with van der Waals surface area (Å²) in [6.45, 7) is 11.9. The maximum absolute atomic E-state index is 12.3. The van der Waals surface area contributed by atoms with Crippen LogP contribution in [0.3, 0.4) is 0 Å². The lowest BCUT2D eigenvalue weighted by molar-refractivity contribution is -0.385. The SMILES string of the molecule is Cc1ccc([N+](=O)[O-])c(C)c1COC(=O)C1C(C)(C)C1(C)C. The topological polar surface area (TPSA) is 69.4 Å².